The third-order valence-corrected chi connectivity index (χ3v) is 3.37. The fraction of sp³-hybridized carbons (Fsp3) is 0.235. The van der Waals surface area contributed by atoms with Crippen LogP contribution in [0.3, 0.4) is 0 Å². The Labute approximate surface area is 129 Å². The Morgan fingerprint density at radius 1 is 1.18 bits per heavy atom. The van der Waals surface area contributed by atoms with Gasteiger partial charge in [-0.2, -0.15) is 0 Å². The second-order valence-electron chi connectivity index (χ2n) is 5.03. The number of ether oxygens (including phenoxy) is 1. The number of benzene rings is 2. The number of hydrogen-bond acceptors (Lipinski definition) is 4. The van der Waals surface area contributed by atoms with Crippen LogP contribution in [0, 0.1) is 0 Å². The van der Waals surface area contributed by atoms with E-state index in [9.17, 15) is 9.90 Å². The Morgan fingerprint density at radius 3 is 2.36 bits per heavy atom. The van der Waals surface area contributed by atoms with Gasteiger partial charge in [0.15, 0.2) is 0 Å². The van der Waals surface area contributed by atoms with E-state index >= 15 is 0 Å². The molecule has 2 aromatic rings. The Balaban J connectivity index is 1.98. The number of hydrogen-bond donors (Lipinski definition) is 3. The highest BCUT2D eigenvalue weighted by molar-refractivity contribution is 5.94. The second-order valence-corrected chi connectivity index (χ2v) is 5.03. The minimum absolute atomic E-state index is 0.132. The number of aliphatic hydroxyl groups is 1. The SMILES string of the molecule is COc1ccc(CC(CO)NC(=O)c2ccc(N)cc2)cc1. The maximum absolute atomic E-state index is 12.1. The van der Waals surface area contributed by atoms with Gasteiger partial charge in [-0.05, 0) is 48.4 Å². The van der Waals surface area contributed by atoms with E-state index in [1.165, 1.54) is 0 Å². The van der Waals surface area contributed by atoms with Crippen molar-refractivity contribution >= 4 is 11.6 Å². The number of nitrogens with two attached hydrogens (primary N) is 1. The molecule has 0 spiro atoms. The molecule has 22 heavy (non-hydrogen) atoms. The predicted molar refractivity (Wildman–Crippen MR) is 85.9 cm³/mol. The van der Waals surface area contributed by atoms with Crippen molar-refractivity contribution in [2.45, 2.75) is 12.5 Å². The molecular formula is C17H20N2O3. The van der Waals surface area contributed by atoms with Gasteiger partial charge < -0.3 is 20.9 Å². The standard InChI is InChI=1S/C17H20N2O3/c1-22-16-8-2-12(3-9-16)10-15(11-20)19-17(21)13-4-6-14(18)7-5-13/h2-9,15,20H,10-11,18H2,1H3,(H,19,21). The van der Waals surface area contributed by atoms with Gasteiger partial charge in [-0.15, -0.1) is 0 Å². The largest absolute Gasteiger partial charge is 0.497 e. The molecule has 1 atom stereocenters. The molecule has 0 bridgehead atoms. The maximum Gasteiger partial charge on any atom is 0.251 e. The molecule has 1 amide bonds. The topological polar surface area (TPSA) is 84.6 Å². The van der Waals surface area contributed by atoms with E-state index in [2.05, 4.69) is 5.32 Å². The van der Waals surface area contributed by atoms with E-state index in [1.807, 2.05) is 24.3 Å². The first-order chi connectivity index (χ1) is 10.6. The summed E-state index contributed by atoms with van der Waals surface area (Å²) in [7, 11) is 1.61. The summed E-state index contributed by atoms with van der Waals surface area (Å²) in [5, 5.41) is 12.3. The van der Waals surface area contributed by atoms with Crippen molar-refractivity contribution in [2.75, 3.05) is 19.5 Å². The molecule has 0 aliphatic rings. The maximum atomic E-state index is 12.1. The number of methoxy groups -OCH3 is 1. The number of carbonyl (C=O) groups is 1. The Morgan fingerprint density at radius 2 is 1.82 bits per heavy atom. The highest BCUT2D eigenvalue weighted by Gasteiger charge is 2.13. The number of amides is 1. The van der Waals surface area contributed by atoms with Crippen molar-refractivity contribution in [3.63, 3.8) is 0 Å². The van der Waals surface area contributed by atoms with Gasteiger partial charge in [-0.3, -0.25) is 4.79 Å². The Kier molecular flexibility index (Phi) is 5.38. The van der Waals surface area contributed by atoms with Crippen LogP contribution in [-0.4, -0.2) is 30.8 Å². The first-order valence-corrected chi connectivity index (χ1v) is 7.02. The van der Waals surface area contributed by atoms with E-state index in [4.69, 9.17) is 10.5 Å². The lowest BCUT2D eigenvalue weighted by atomic mass is 10.1. The summed E-state index contributed by atoms with van der Waals surface area (Å²) in [6.45, 7) is -0.132. The summed E-state index contributed by atoms with van der Waals surface area (Å²) in [5.74, 6) is 0.544. The van der Waals surface area contributed by atoms with Crippen LogP contribution in [0.25, 0.3) is 0 Å². The zero-order valence-corrected chi connectivity index (χ0v) is 12.5. The highest BCUT2D eigenvalue weighted by Crippen LogP contribution is 2.13. The van der Waals surface area contributed by atoms with Crippen LogP contribution in [0.15, 0.2) is 48.5 Å². The van der Waals surface area contributed by atoms with Gasteiger partial charge in [0.25, 0.3) is 5.91 Å². The lowest BCUT2D eigenvalue weighted by molar-refractivity contribution is 0.0916. The number of anilines is 1. The van der Waals surface area contributed by atoms with E-state index in [1.54, 1.807) is 31.4 Å². The molecule has 1 unspecified atom stereocenters. The van der Waals surface area contributed by atoms with Crippen LogP contribution in [0.1, 0.15) is 15.9 Å². The van der Waals surface area contributed by atoms with E-state index in [0.29, 0.717) is 17.7 Å². The van der Waals surface area contributed by atoms with Gasteiger partial charge in [0.1, 0.15) is 5.75 Å². The summed E-state index contributed by atoms with van der Waals surface area (Å²) in [5.41, 5.74) is 7.73. The molecule has 116 valence electrons. The molecule has 2 rings (SSSR count). The monoisotopic (exact) mass is 300 g/mol. The van der Waals surface area contributed by atoms with Crippen molar-refractivity contribution in [3.05, 3.63) is 59.7 Å². The van der Waals surface area contributed by atoms with Gasteiger partial charge in [0, 0.05) is 11.3 Å². The highest BCUT2D eigenvalue weighted by atomic mass is 16.5. The lowest BCUT2D eigenvalue weighted by Crippen LogP contribution is -2.39. The van der Waals surface area contributed by atoms with Crippen LogP contribution in [0.5, 0.6) is 5.75 Å². The summed E-state index contributed by atoms with van der Waals surface area (Å²) in [6, 6.07) is 13.8. The molecule has 0 aliphatic heterocycles. The molecule has 2 aromatic carbocycles. The smallest absolute Gasteiger partial charge is 0.251 e. The lowest BCUT2D eigenvalue weighted by Gasteiger charge is -2.16. The average Bonchev–Trinajstić information content (AvgIpc) is 2.55. The van der Waals surface area contributed by atoms with Gasteiger partial charge in [-0.25, -0.2) is 0 Å². The minimum atomic E-state index is -0.349. The van der Waals surface area contributed by atoms with E-state index in [0.717, 1.165) is 11.3 Å². The molecule has 0 saturated carbocycles. The molecule has 0 aromatic heterocycles. The summed E-state index contributed by atoms with van der Waals surface area (Å²) < 4.78 is 5.10. The average molecular weight is 300 g/mol. The van der Waals surface area contributed by atoms with Crippen LogP contribution in [-0.2, 0) is 6.42 Å². The number of nitrogens with one attached hydrogen (secondary N) is 1. The zero-order chi connectivity index (χ0) is 15.9. The minimum Gasteiger partial charge on any atom is -0.497 e. The fourth-order valence-corrected chi connectivity index (χ4v) is 2.11. The van der Waals surface area contributed by atoms with Crippen LogP contribution >= 0.6 is 0 Å². The van der Waals surface area contributed by atoms with E-state index in [-0.39, 0.29) is 18.6 Å². The predicted octanol–water partition coefficient (Wildman–Crippen LogP) is 1.61. The molecule has 5 heteroatoms. The van der Waals surface area contributed by atoms with Gasteiger partial charge in [0.2, 0.25) is 0 Å². The summed E-state index contributed by atoms with van der Waals surface area (Å²) >= 11 is 0. The molecule has 0 aliphatic carbocycles. The van der Waals surface area contributed by atoms with Crippen LogP contribution in [0.2, 0.25) is 0 Å². The number of nitrogen functional groups attached to an aromatic ring is 1. The van der Waals surface area contributed by atoms with Crippen molar-refractivity contribution in [1.82, 2.24) is 5.32 Å². The van der Waals surface area contributed by atoms with Gasteiger partial charge >= 0.3 is 0 Å². The first kappa shape index (κ1) is 15.9. The number of rotatable bonds is 6. The fourth-order valence-electron chi connectivity index (χ4n) is 2.11. The van der Waals surface area contributed by atoms with Crippen molar-refractivity contribution in [2.24, 2.45) is 0 Å². The molecule has 4 N–H and O–H groups in total. The van der Waals surface area contributed by atoms with Crippen LogP contribution in [0.4, 0.5) is 5.69 Å². The third kappa shape index (κ3) is 4.23. The number of aliphatic hydroxyl groups excluding tert-OH is 1. The van der Waals surface area contributed by atoms with Crippen molar-refractivity contribution < 1.29 is 14.6 Å². The molecule has 0 saturated heterocycles. The van der Waals surface area contributed by atoms with Crippen LogP contribution < -0.4 is 15.8 Å². The van der Waals surface area contributed by atoms with E-state index < -0.39 is 0 Å². The summed E-state index contributed by atoms with van der Waals surface area (Å²) in [6.07, 6.45) is 0.543. The molecule has 0 heterocycles. The first-order valence-electron chi connectivity index (χ1n) is 7.02. The third-order valence-electron chi connectivity index (χ3n) is 3.37. The quantitative estimate of drug-likeness (QED) is 0.708. The summed E-state index contributed by atoms with van der Waals surface area (Å²) in [4.78, 5) is 12.1. The number of carbonyl (C=O) groups excluding carboxylic acids is 1. The zero-order valence-electron chi connectivity index (χ0n) is 12.5. The Hall–Kier alpha value is -2.53. The normalized spacial score (nSPS) is 11.7. The molecule has 0 radical (unpaired) electrons. The molecular weight excluding hydrogens is 280 g/mol. The van der Waals surface area contributed by atoms with Crippen molar-refractivity contribution in [3.8, 4) is 5.75 Å². The van der Waals surface area contributed by atoms with Gasteiger partial charge in [0.05, 0.1) is 19.8 Å². The molecule has 0 fully saturated rings. The second kappa shape index (κ2) is 7.47. The van der Waals surface area contributed by atoms with Gasteiger partial charge in [-0.1, -0.05) is 12.1 Å². The van der Waals surface area contributed by atoms with Crippen molar-refractivity contribution in [1.29, 1.82) is 0 Å². The molecule has 5 nitrogen and oxygen atoms in total. The Bertz CT molecular complexity index is 609.